The van der Waals surface area contributed by atoms with Crippen molar-refractivity contribution in [2.45, 2.75) is 25.9 Å². The highest BCUT2D eigenvalue weighted by atomic mass is 19.1. The van der Waals surface area contributed by atoms with Gasteiger partial charge >= 0.3 is 0 Å². The largest absolute Gasteiger partial charge is 0.388 e. The van der Waals surface area contributed by atoms with Crippen LogP contribution in [0.4, 0.5) is 4.39 Å². The van der Waals surface area contributed by atoms with Gasteiger partial charge in [0, 0.05) is 20.0 Å². The lowest BCUT2D eigenvalue weighted by Gasteiger charge is -2.33. The molecule has 2 rings (SSSR count). The van der Waals surface area contributed by atoms with E-state index in [1.165, 1.54) is 12.1 Å². The molecule has 98 valence electrons. The molecule has 1 atom stereocenters. The predicted molar refractivity (Wildman–Crippen MR) is 66.3 cm³/mol. The number of carbonyl (C=O) groups excluding carboxylic acids is 1. The SMILES string of the molecule is CC(=O)N1CCC([C@@H](O)c2ccc(F)cc2)CC1. The fourth-order valence-electron chi connectivity index (χ4n) is 2.46. The Bertz CT molecular complexity index is 410. The van der Waals surface area contributed by atoms with Gasteiger partial charge in [-0.25, -0.2) is 4.39 Å². The Morgan fingerprint density at radius 1 is 1.33 bits per heavy atom. The van der Waals surface area contributed by atoms with E-state index in [1.807, 2.05) is 0 Å². The van der Waals surface area contributed by atoms with Crippen LogP contribution in [0.15, 0.2) is 24.3 Å². The topological polar surface area (TPSA) is 40.5 Å². The number of aliphatic hydroxyl groups is 1. The second kappa shape index (κ2) is 5.48. The molecule has 1 fully saturated rings. The van der Waals surface area contributed by atoms with Crippen LogP contribution in [0, 0.1) is 11.7 Å². The van der Waals surface area contributed by atoms with E-state index in [0.717, 1.165) is 18.4 Å². The van der Waals surface area contributed by atoms with Gasteiger partial charge in [0.2, 0.25) is 5.91 Å². The van der Waals surface area contributed by atoms with Crippen molar-refractivity contribution in [1.29, 1.82) is 0 Å². The third-order valence-corrected chi connectivity index (χ3v) is 3.64. The Morgan fingerprint density at radius 2 is 1.89 bits per heavy atom. The number of benzene rings is 1. The summed E-state index contributed by atoms with van der Waals surface area (Å²) in [7, 11) is 0. The second-order valence-electron chi connectivity index (χ2n) is 4.84. The molecule has 0 spiro atoms. The van der Waals surface area contributed by atoms with Gasteiger partial charge in [0.05, 0.1) is 6.10 Å². The van der Waals surface area contributed by atoms with Gasteiger partial charge in [-0.2, -0.15) is 0 Å². The lowest BCUT2D eigenvalue weighted by atomic mass is 9.87. The third kappa shape index (κ3) is 2.88. The van der Waals surface area contributed by atoms with E-state index in [1.54, 1.807) is 24.0 Å². The van der Waals surface area contributed by atoms with Gasteiger partial charge in [-0.05, 0) is 36.5 Å². The quantitative estimate of drug-likeness (QED) is 0.874. The number of nitrogens with zero attached hydrogens (tertiary/aromatic N) is 1. The average molecular weight is 251 g/mol. The van der Waals surface area contributed by atoms with Crippen LogP contribution in [0.2, 0.25) is 0 Å². The Labute approximate surface area is 106 Å². The van der Waals surface area contributed by atoms with Crippen molar-refractivity contribution in [3.63, 3.8) is 0 Å². The molecule has 1 aromatic carbocycles. The molecule has 0 aliphatic carbocycles. The number of rotatable bonds is 2. The number of piperidine rings is 1. The summed E-state index contributed by atoms with van der Waals surface area (Å²) < 4.78 is 12.8. The Kier molecular flexibility index (Phi) is 3.97. The molecule has 1 saturated heterocycles. The highest BCUT2D eigenvalue weighted by Crippen LogP contribution is 2.30. The van der Waals surface area contributed by atoms with E-state index in [4.69, 9.17) is 0 Å². The summed E-state index contributed by atoms with van der Waals surface area (Å²) in [5.74, 6) is -0.0619. The van der Waals surface area contributed by atoms with E-state index in [0.29, 0.717) is 13.1 Å². The first-order chi connectivity index (χ1) is 8.58. The molecule has 0 bridgehead atoms. The molecule has 1 heterocycles. The van der Waals surface area contributed by atoms with Crippen molar-refractivity contribution < 1.29 is 14.3 Å². The smallest absolute Gasteiger partial charge is 0.219 e. The van der Waals surface area contributed by atoms with Crippen LogP contribution in [0.5, 0.6) is 0 Å². The molecule has 0 saturated carbocycles. The first-order valence-corrected chi connectivity index (χ1v) is 6.27. The van der Waals surface area contributed by atoms with Crippen LogP contribution in [0.25, 0.3) is 0 Å². The maximum Gasteiger partial charge on any atom is 0.219 e. The first-order valence-electron chi connectivity index (χ1n) is 6.27. The van der Waals surface area contributed by atoms with Crippen molar-refractivity contribution in [3.8, 4) is 0 Å². The maximum atomic E-state index is 12.8. The van der Waals surface area contributed by atoms with Gasteiger partial charge in [-0.3, -0.25) is 4.79 Å². The van der Waals surface area contributed by atoms with Gasteiger partial charge < -0.3 is 10.0 Å². The standard InChI is InChI=1S/C14H18FNO2/c1-10(17)16-8-6-12(7-9-16)14(18)11-2-4-13(15)5-3-11/h2-5,12,14,18H,6-9H2,1H3/t14-/m0/s1. The fourth-order valence-corrected chi connectivity index (χ4v) is 2.46. The van der Waals surface area contributed by atoms with Crippen LogP contribution >= 0.6 is 0 Å². The van der Waals surface area contributed by atoms with E-state index in [2.05, 4.69) is 0 Å². The summed E-state index contributed by atoms with van der Waals surface area (Å²) in [6, 6.07) is 5.97. The van der Waals surface area contributed by atoms with E-state index in [9.17, 15) is 14.3 Å². The van der Waals surface area contributed by atoms with Gasteiger partial charge in [-0.15, -0.1) is 0 Å². The van der Waals surface area contributed by atoms with E-state index < -0.39 is 6.10 Å². The van der Waals surface area contributed by atoms with Crippen LogP contribution in [0.3, 0.4) is 0 Å². The number of halogens is 1. The number of hydrogen-bond donors (Lipinski definition) is 1. The number of hydrogen-bond acceptors (Lipinski definition) is 2. The van der Waals surface area contributed by atoms with Crippen molar-refractivity contribution >= 4 is 5.91 Å². The highest BCUT2D eigenvalue weighted by Gasteiger charge is 2.26. The molecule has 0 unspecified atom stereocenters. The summed E-state index contributed by atoms with van der Waals surface area (Å²) in [6.07, 6.45) is 1.01. The minimum absolute atomic E-state index is 0.0877. The minimum atomic E-state index is -0.570. The number of amides is 1. The molecule has 18 heavy (non-hydrogen) atoms. The van der Waals surface area contributed by atoms with Gasteiger partial charge in [0.15, 0.2) is 0 Å². The molecule has 1 aliphatic heterocycles. The predicted octanol–water partition coefficient (Wildman–Crippen LogP) is 2.12. The summed E-state index contributed by atoms with van der Waals surface area (Å²) >= 11 is 0. The van der Waals surface area contributed by atoms with E-state index >= 15 is 0 Å². The maximum absolute atomic E-state index is 12.8. The second-order valence-corrected chi connectivity index (χ2v) is 4.84. The summed E-state index contributed by atoms with van der Waals surface area (Å²) in [5, 5.41) is 10.2. The molecule has 1 N–H and O–H groups in total. The van der Waals surface area contributed by atoms with Crippen LogP contribution in [-0.2, 0) is 4.79 Å². The van der Waals surface area contributed by atoms with E-state index in [-0.39, 0.29) is 17.6 Å². The molecule has 1 aromatic rings. The first kappa shape index (κ1) is 13.0. The van der Waals surface area contributed by atoms with Crippen LogP contribution in [-0.4, -0.2) is 29.0 Å². The monoisotopic (exact) mass is 251 g/mol. The van der Waals surface area contributed by atoms with Crippen molar-refractivity contribution in [3.05, 3.63) is 35.6 Å². The normalized spacial score (nSPS) is 18.7. The number of carbonyl (C=O) groups is 1. The number of aliphatic hydroxyl groups excluding tert-OH is 1. The zero-order chi connectivity index (χ0) is 13.1. The van der Waals surface area contributed by atoms with Gasteiger partial charge in [0.25, 0.3) is 0 Å². The number of likely N-dealkylation sites (tertiary alicyclic amines) is 1. The van der Waals surface area contributed by atoms with Crippen molar-refractivity contribution in [2.75, 3.05) is 13.1 Å². The Hall–Kier alpha value is -1.42. The highest BCUT2D eigenvalue weighted by molar-refractivity contribution is 5.73. The molecular weight excluding hydrogens is 233 g/mol. The van der Waals surface area contributed by atoms with Gasteiger partial charge in [-0.1, -0.05) is 12.1 Å². The summed E-state index contributed by atoms with van der Waals surface area (Å²) in [6.45, 7) is 2.95. The third-order valence-electron chi connectivity index (χ3n) is 3.64. The molecule has 1 amide bonds. The average Bonchev–Trinajstić information content (AvgIpc) is 2.39. The van der Waals surface area contributed by atoms with Crippen molar-refractivity contribution in [2.24, 2.45) is 5.92 Å². The summed E-state index contributed by atoms with van der Waals surface area (Å²) in [4.78, 5) is 13.0. The minimum Gasteiger partial charge on any atom is -0.388 e. The molecule has 1 aliphatic rings. The lowest BCUT2D eigenvalue weighted by molar-refractivity contribution is -0.130. The van der Waals surface area contributed by atoms with Crippen molar-refractivity contribution in [1.82, 2.24) is 4.90 Å². The van der Waals surface area contributed by atoms with Crippen LogP contribution in [0.1, 0.15) is 31.4 Å². The lowest BCUT2D eigenvalue weighted by Crippen LogP contribution is -2.38. The zero-order valence-electron chi connectivity index (χ0n) is 10.5. The fraction of sp³-hybridized carbons (Fsp3) is 0.500. The molecule has 0 aromatic heterocycles. The molecule has 3 nitrogen and oxygen atoms in total. The Morgan fingerprint density at radius 3 is 2.39 bits per heavy atom. The van der Waals surface area contributed by atoms with Gasteiger partial charge in [0.1, 0.15) is 5.82 Å². The Balaban J connectivity index is 1.97. The molecular formula is C14H18FNO2. The molecule has 0 radical (unpaired) electrons. The van der Waals surface area contributed by atoms with Crippen LogP contribution < -0.4 is 0 Å². The summed E-state index contributed by atoms with van der Waals surface area (Å²) in [5.41, 5.74) is 0.748. The molecule has 4 heteroatoms. The zero-order valence-corrected chi connectivity index (χ0v) is 10.5.